The van der Waals surface area contributed by atoms with Crippen molar-refractivity contribution in [1.29, 1.82) is 0 Å². The lowest BCUT2D eigenvalue weighted by Crippen LogP contribution is -2.21. The zero-order valence-electron chi connectivity index (χ0n) is 12.7. The summed E-state index contributed by atoms with van der Waals surface area (Å²) in [6.07, 6.45) is 0. The maximum atomic E-state index is 13.4. The van der Waals surface area contributed by atoms with Crippen molar-refractivity contribution in [2.75, 3.05) is 11.9 Å². The Balaban J connectivity index is 1.93. The van der Waals surface area contributed by atoms with Crippen LogP contribution in [0.4, 0.5) is 10.1 Å². The molecule has 2 rings (SSSR count). The first-order valence-electron chi connectivity index (χ1n) is 6.86. The molecule has 0 aliphatic heterocycles. The van der Waals surface area contributed by atoms with E-state index in [9.17, 15) is 14.0 Å². The fraction of sp³-hybridized carbons (Fsp3) is 0.176. The van der Waals surface area contributed by atoms with Crippen LogP contribution in [0.3, 0.4) is 0 Å². The summed E-state index contributed by atoms with van der Waals surface area (Å²) in [5.74, 6) is -1.72. The number of esters is 1. The van der Waals surface area contributed by atoms with Crippen LogP contribution in [0.25, 0.3) is 0 Å². The maximum absolute atomic E-state index is 13.4. The fourth-order valence-corrected chi connectivity index (χ4v) is 2.43. The van der Waals surface area contributed by atoms with E-state index < -0.39 is 24.3 Å². The molecule has 0 saturated carbocycles. The van der Waals surface area contributed by atoms with Crippen molar-refractivity contribution in [3.63, 3.8) is 0 Å². The monoisotopic (exact) mass is 379 g/mol. The van der Waals surface area contributed by atoms with Crippen LogP contribution in [0, 0.1) is 19.7 Å². The third kappa shape index (κ3) is 4.63. The molecule has 0 bridgehead atoms. The highest BCUT2D eigenvalue weighted by Crippen LogP contribution is 2.23. The minimum absolute atomic E-state index is 0.0671. The minimum Gasteiger partial charge on any atom is -0.452 e. The first-order chi connectivity index (χ1) is 10.9. The summed E-state index contributed by atoms with van der Waals surface area (Å²) in [6.45, 7) is 3.07. The molecule has 1 N–H and O–H groups in total. The molecular weight excluding hydrogens is 365 g/mol. The Labute approximate surface area is 141 Å². The summed E-state index contributed by atoms with van der Waals surface area (Å²) in [4.78, 5) is 23.6. The van der Waals surface area contributed by atoms with Gasteiger partial charge in [-0.3, -0.25) is 4.79 Å². The van der Waals surface area contributed by atoms with Gasteiger partial charge in [0.25, 0.3) is 5.91 Å². The van der Waals surface area contributed by atoms with E-state index in [0.29, 0.717) is 11.3 Å². The summed E-state index contributed by atoms with van der Waals surface area (Å²) in [6, 6.07) is 9.48. The number of nitrogens with one attached hydrogen (secondary N) is 1. The first-order valence-corrected chi connectivity index (χ1v) is 7.65. The lowest BCUT2D eigenvalue weighted by atomic mass is 10.1. The molecular formula is C17H15BrFNO3. The van der Waals surface area contributed by atoms with E-state index in [1.807, 2.05) is 19.1 Å². The van der Waals surface area contributed by atoms with Crippen molar-refractivity contribution in [2.24, 2.45) is 0 Å². The van der Waals surface area contributed by atoms with Crippen molar-refractivity contribution in [2.45, 2.75) is 13.8 Å². The predicted octanol–water partition coefficient (Wildman–Crippen LogP) is 4.00. The number of amides is 1. The van der Waals surface area contributed by atoms with Gasteiger partial charge in [0.1, 0.15) is 5.82 Å². The largest absolute Gasteiger partial charge is 0.452 e. The lowest BCUT2D eigenvalue weighted by Gasteiger charge is -2.09. The van der Waals surface area contributed by atoms with Crippen LogP contribution in [-0.2, 0) is 9.53 Å². The number of carbonyl (C=O) groups excluding carboxylic acids is 2. The Bertz CT molecular complexity index is 761. The maximum Gasteiger partial charge on any atom is 0.338 e. The van der Waals surface area contributed by atoms with E-state index >= 15 is 0 Å². The van der Waals surface area contributed by atoms with Crippen molar-refractivity contribution >= 4 is 33.5 Å². The van der Waals surface area contributed by atoms with Crippen LogP contribution in [0.2, 0.25) is 0 Å². The number of anilines is 1. The topological polar surface area (TPSA) is 55.4 Å². The molecule has 0 aliphatic rings. The summed E-state index contributed by atoms with van der Waals surface area (Å²) >= 11 is 3.34. The van der Waals surface area contributed by atoms with Crippen LogP contribution in [0.5, 0.6) is 0 Å². The Morgan fingerprint density at radius 1 is 1.17 bits per heavy atom. The molecule has 0 aliphatic carbocycles. The van der Waals surface area contributed by atoms with E-state index in [1.54, 1.807) is 13.0 Å². The minimum atomic E-state index is -0.748. The van der Waals surface area contributed by atoms with Gasteiger partial charge in [-0.1, -0.05) is 12.1 Å². The molecule has 0 heterocycles. The molecule has 6 heteroatoms. The SMILES string of the molecule is Cc1ccc(NC(=O)COC(=O)c2ccc(C)c(F)c2)c(Br)c1. The smallest absolute Gasteiger partial charge is 0.338 e. The average molecular weight is 380 g/mol. The van der Waals surface area contributed by atoms with E-state index in [-0.39, 0.29) is 5.56 Å². The summed E-state index contributed by atoms with van der Waals surface area (Å²) in [5, 5.41) is 2.63. The predicted molar refractivity (Wildman–Crippen MR) is 88.9 cm³/mol. The molecule has 0 atom stereocenters. The molecule has 0 spiro atoms. The molecule has 120 valence electrons. The van der Waals surface area contributed by atoms with E-state index in [1.165, 1.54) is 12.1 Å². The molecule has 0 unspecified atom stereocenters. The molecule has 2 aromatic carbocycles. The van der Waals surface area contributed by atoms with Crippen molar-refractivity contribution < 1.29 is 18.7 Å². The van der Waals surface area contributed by atoms with Gasteiger partial charge in [0.2, 0.25) is 0 Å². The second-order valence-electron chi connectivity index (χ2n) is 5.07. The third-order valence-corrected chi connectivity index (χ3v) is 3.80. The van der Waals surface area contributed by atoms with E-state index in [0.717, 1.165) is 16.1 Å². The number of hydrogen-bond acceptors (Lipinski definition) is 3. The zero-order valence-corrected chi connectivity index (χ0v) is 14.2. The fourth-order valence-electron chi connectivity index (χ4n) is 1.84. The highest BCUT2D eigenvalue weighted by molar-refractivity contribution is 9.10. The molecule has 0 radical (unpaired) electrons. The van der Waals surface area contributed by atoms with Crippen LogP contribution in [0.15, 0.2) is 40.9 Å². The quantitative estimate of drug-likeness (QED) is 0.816. The van der Waals surface area contributed by atoms with Crippen molar-refractivity contribution in [3.05, 3.63) is 63.4 Å². The number of rotatable bonds is 4. The Morgan fingerprint density at radius 2 is 1.91 bits per heavy atom. The van der Waals surface area contributed by atoms with Crippen LogP contribution in [0.1, 0.15) is 21.5 Å². The summed E-state index contributed by atoms with van der Waals surface area (Å²) < 4.78 is 19.0. The number of benzene rings is 2. The number of halogens is 2. The second-order valence-corrected chi connectivity index (χ2v) is 5.93. The van der Waals surface area contributed by atoms with Gasteiger partial charge in [0.05, 0.1) is 11.3 Å². The highest BCUT2D eigenvalue weighted by atomic mass is 79.9. The van der Waals surface area contributed by atoms with Gasteiger partial charge in [-0.25, -0.2) is 9.18 Å². The number of hydrogen-bond donors (Lipinski definition) is 1. The third-order valence-electron chi connectivity index (χ3n) is 3.14. The number of ether oxygens (including phenoxy) is 1. The van der Waals surface area contributed by atoms with Gasteiger partial charge in [0, 0.05) is 4.47 Å². The van der Waals surface area contributed by atoms with Gasteiger partial charge < -0.3 is 10.1 Å². The van der Waals surface area contributed by atoms with Crippen LogP contribution in [-0.4, -0.2) is 18.5 Å². The molecule has 2 aromatic rings. The molecule has 23 heavy (non-hydrogen) atoms. The lowest BCUT2D eigenvalue weighted by molar-refractivity contribution is -0.119. The highest BCUT2D eigenvalue weighted by Gasteiger charge is 2.12. The van der Waals surface area contributed by atoms with Gasteiger partial charge in [-0.15, -0.1) is 0 Å². The Morgan fingerprint density at radius 3 is 2.57 bits per heavy atom. The number of aryl methyl sites for hydroxylation is 2. The first kappa shape index (κ1) is 17.1. The summed E-state index contributed by atoms with van der Waals surface area (Å²) in [5.41, 5.74) is 2.13. The second kappa shape index (κ2) is 7.37. The van der Waals surface area contributed by atoms with Crippen LogP contribution < -0.4 is 5.32 Å². The molecule has 1 amide bonds. The van der Waals surface area contributed by atoms with E-state index in [2.05, 4.69) is 21.2 Å². The van der Waals surface area contributed by atoms with Crippen LogP contribution >= 0.6 is 15.9 Å². The van der Waals surface area contributed by atoms with E-state index in [4.69, 9.17) is 4.74 Å². The number of carbonyl (C=O) groups is 2. The molecule has 0 aromatic heterocycles. The van der Waals surface area contributed by atoms with Crippen molar-refractivity contribution in [1.82, 2.24) is 0 Å². The van der Waals surface area contributed by atoms with Gasteiger partial charge >= 0.3 is 5.97 Å². The van der Waals surface area contributed by atoms with Gasteiger partial charge in [-0.2, -0.15) is 0 Å². The summed E-state index contributed by atoms with van der Waals surface area (Å²) in [7, 11) is 0. The molecule has 0 saturated heterocycles. The normalized spacial score (nSPS) is 10.3. The average Bonchev–Trinajstić information content (AvgIpc) is 2.50. The standard InChI is InChI=1S/C17H15BrFNO3/c1-10-3-6-15(13(18)7-10)20-16(21)9-23-17(22)12-5-4-11(2)14(19)8-12/h3-8H,9H2,1-2H3,(H,20,21). The van der Waals surface area contributed by atoms with Crippen molar-refractivity contribution in [3.8, 4) is 0 Å². The Hall–Kier alpha value is -2.21. The van der Waals surface area contributed by atoms with Gasteiger partial charge in [0.15, 0.2) is 6.61 Å². The molecule has 0 fully saturated rings. The van der Waals surface area contributed by atoms with Gasteiger partial charge in [-0.05, 0) is 65.2 Å². The Kier molecular flexibility index (Phi) is 5.50. The molecule has 4 nitrogen and oxygen atoms in total. The zero-order chi connectivity index (χ0) is 17.0.